The first-order chi connectivity index (χ1) is 9.78. The number of fused-ring (bicyclic) bond motifs is 1. The van der Waals surface area contributed by atoms with Gasteiger partial charge in [-0.3, -0.25) is 0 Å². The lowest BCUT2D eigenvalue weighted by atomic mass is 10.0. The van der Waals surface area contributed by atoms with Crippen molar-refractivity contribution in [2.24, 2.45) is 0 Å². The number of hydrogen-bond donors (Lipinski definition) is 1. The summed E-state index contributed by atoms with van der Waals surface area (Å²) in [6, 6.07) is 15.6. The Morgan fingerprint density at radius 2 is 1.80 bits per heavy atom. The molecular weight excluding hydrogens is 244 g/mol. The molecule has 0 spiro atoms. The third-order valence-corrected chi connectivity index (χ3v) is 4.01. The van der Waals surface area contributed by atoms with Gasteiger partial charge in [0.05, 0.1) is 0 Å². The summed E-state index contributed by atoms with van der Waals surface area (Å²) >= 11 is 0. The predicted molar refractivity (Wildman–Crippen MR) is 87.1 cm³/mol. The van der Waals surface area contributed by atoms with Crippen molar-refractivity contribution in [1.82, 2.24) is 0 Å². The average molecular weight is 266 g/mol. The van der Waals surface area contributed by atoms with Crippen LogP contribution in [-0.4, -0.2) is 13.1 Å². The second kappa shape index (κ2) is 5.58. The fourth-order valence-corrected chi connectivity index (χ4v) is 2.86. The van der Waals surface area contributed by atoms with E-state index in [1.165, 1.54) is 41.0 Å². The second-order valence-corrected chi connectivity index (χ2v) is 5.45. The molecule has 2 aromatic carbocycles. The maximum Gasteiger partial charge on any atom is 0.0431 e. The van der Waals surface area contributed by atoms with E-state index < -0.39 is 0 Å². The van der Waals surface area contributed by atoms with Gasteiger partial charge in [0.2, 0.25) is 0 Å². The molecule has 2 nitrogen and oxygen atoms in total. The number of nitrogens with zero attached hydrogens (tertiary/aromatic N) is 1. The summed E-state index contributed by atoms with van der Waals surface area (Å²) in [6.07, 6.45) is 2.43. The first-order valence-corrected chi connectivity index (χ1v) is 7.49. The maximum absolute atomic E-state index is 3.52. The molecular formula is C18H22N2. The van der Waals surface area contributed by atoms with Gasteiger partial charge >= 0.3 is 0 Å². The van der Waals surface area contributed by atoms with Crippen molar-refractivity contribution in [1.29, 1.82) is 0 Å². The predicted octanol–water partition coefficient (Wildman–Crippen LogP) is 4.51. The van der Waals surface area contributed by atoms with Crippen molar-refractivity contribution in [3.8, 4) is 0 Å². The highest BCUT2D eigenvalue weighted by molar-refractivity contribution is 5.69. The molecule has 2 heteroatoms. The largest absolute Gasteiger partial charge is 0.385 e. The zero-order chi connectivity index (χ0) is 13.9. The minimum atomic E-state index is 0.974. The van der Waals surface area contributed by atoms with Gasteiger partial charge in [0, 0.05) is 30.2 Å². The van der Waals surface area contributed by atoms with Crippen LogP contribution in [0.4, 0.5) is 17.1 Å². The fraction of sp³-hybridized carbons (Fsp3) is 0.333. The quantitative estimate of drug-likeness (QED) is 0.879. The highest BCUT2D eigenvalue weighted by atomic mass is 15.1. The Morgan fingerprint density at radius 1 is 1.05 bits per heavy atom. The van der Waals surface area contributed by atoms with E-state index in [0.29, 0.717) is 0 Å². The molecule has 0 atom stereocenters. The molecule has 0 aliphatic carbocycles. The van der Waals surface area contributed by atoms with Crippen molar-refractivity contribution >= 4 is 17.1 Å². The maximum atomic E-state index is 3.52. The van der Waals surface area contributed by atoms with Crippen LogP contribution in [-0.2, 0) is 6.42 Å². The van der Waals surface area contributed by atoms with Gasteiger partial charge in [-0.1, -0.05) is 23.8 Å². The summed E-state index contributed by atoms with van der Waals surface area (Å²) in [5.74, 6) is 0. The summed E-state index contributed by atoms with van der Waals surface area (Å²) in [7, 11) is 0. The van der Waals surface area contributed by atoms with Gasteiger partial charge in [0.15, 0.2) is 0 Å². The van der Waals surface area contributed by atoms with Crippen LogP contribution < -0.4 is 10.2 Å². The standard InChI is InChI=1S/C18H22N2/c1-3-20(16-9-6-14(2)7-10-16)17-11-8-15-5-4-12-19-18(15)13-17/h6-11,13,19H,3-5,12H2,1-2H3. The molecule has 0 amide bonds. The first kappa shape index (κ1) is 13.0. The summed E-state index contributed by atoms with van der Waals surface area (Å²) in [6.45, 7) is 6.39. The van der Waals surface area contributed by atoms with Crippen LogP contribution in [0.1, 0.15) is 24.5 Å². The summed E-state index contributed by atoms with van der Waals surface area (Å²) in [5, 5.41) is 3.52. The lowest BCUT2D eigenvalue weighted by molar-refractivity contribution is 0.829. The van der Waals surface area contributed by atoms with Gasteiger partial charge < -0.3 is 10.2 Å². The second-order valence-electron chi connectivity index (χ2n) is 5.45. The normalized spacial score (nSPS) is 13.5. The van der Waals surface area contributed by atoms with Crippen molar-refractivity contribution in [2.45, 2.75) is 26.7 Å². The Hall–Kier alpha value is -1.96. The monoisotopic (exact) mass is 266 g/mol. The molecule has 0 radical (unpaired) electrons. The van der Waals surface area contributed by atoms with Crippen LogP contribution in [0.25, 0.3) is 0 Å². The molecule has 1 aliphatic rings. The fourth-order valence-electron chi connectivity index (χ4n) is 2.86. The van der Waals surface area contributed by atoms with Gasteiger partial charge in [-0.2, -0.15) is 0 Å². The molecule has 0 bridgehead atoms. The van der Waals surface area contributed by atoms with E-state index in [2.05, 4.69) is 66.5 Å². The molecule has 1 N–H and O–H groups in total. The average Bonchev–Trinajstić information content (AvgIpc) is 2.50. The van der Waals surface area contributed by atoms with Crippen molar-refractivity contribution in [3.63, 3.8) is 0 Å². The summed E-state index contributed by atoms with van der Waals surface area (Å²) in [4.78, 5) is 2.36. The lowest BCUT2D eigenvalue weighted by Gasteiger charge is -2.26. The van der Waals surface area contributed by atoms with Gasteiger partial charge in [-0.15, -0.1) is 0 Å². The van der Waals surface area contributed by atoms with Crippen molar-refractivity contribution in [3.05, 3.63) is 53.6 Å². The Bertz CT molecular complexity index is 587. The molecule has 104 valence electrons. The number of rotatable bonds is 3. The molecule has 0 saturated carbocycles. The van der Waals surface area contributed by atoms with Crippen LogP contribution in [0.15, 0.2) is 42.5 Å². The van der Waals surface area contributed by atoms with E-state index in [0.717, 1.165) is 13.1 Å². The Labute approximate surface area is 121 Å². The molecule has 2 aromatic rings. The molecule has 1 aliphatic heterocycles. The van der Waals surface area contributed by atoms with Gasteiger partial charge in [0.25, 0.3) is 0 Å². The van der Waals surface area contributed by atoms with E-state index in [-0.39, 0.29) is 0 Å². The minimum Gasteiger partial charge on any atom is -0.385 e. The molecule has 0 unspecified atom stereocenters. The number of benzene rings is 2. The van der Waals surface area contributed by atoms with Gasteiger partial charge in [0.1, 0.15) is 0 Å². The smallest absolute Gasteiger partial charge is 0.0431 e. The van der Waals surface area contributed by atoms with Gasteiger partial charge in [-0.25, -0.2) is 0 Å². The van der Waals surface area contributed by atoms with E-state index in [4.69, 9.17) is 0 Å². The highest BCUT2D eigenvalue weighted by Crippen LogP contribution is 2.31. The zero-order valence-corrected chi connectivity index (χ0v) is 12.3. The van der Waals surface area contributed by atoms with E-state index in [1.807, 2.05) is 0 Å². The van der Waals surface area contributed by atoms with E-state index in [1.54, 1.807) is 0 Å². The Kier molecular flexibility index (Phi) is 3.64. The van der Waals surface area contributed by atoms with Crippen molar-refractivity contribution < 1.29 is 0 Å². The van der Waals surface area contributed by atoms with Crippen LogP contribution in [0.5, 0.6) is 0 Å². The first-order valence-electron chi connectivity index (χ1n) is 7.49. The molecule has 0 fully saturated rings. The van der Waals surface area contributed by atoms with Crippen molar-refractivity contribution in [2.75, 3.05) is 23.3 Å². The van der Waals surface area contributed by atoms with Gasteiger partial charge in [-0.05, 0) is 56.5 Å². The van der Waals surface area contributed by atoms with Crippen LogP contribution >= 0.6 is 0 Å². The highest BCUT2D eigenvalue weighted by Gasteiger charge is 2.12. The SMILES string of the molecule is CCN(c1ccc(C)cc1)c1ccc2c(c1)NCCC2. The molecule has 3 rings (SSSR count). The Balaban J connectivity index is 1.94. The van der Waals surface area contributed by atoms with Crippen LogP contribution in [0.2, 0.25) is 0 Å². The van der Waals surface area contributed by atoms with E-state index >= 15 is 0 Å². The zero-order valence-electron chi connectivity index (χ0n) is 12.3. The number of hydrogen-bond acceptors (Lipinski definition) is 2. The molecule has 0 saturated heterocycles. The van der Waals surface area contributed by atoms with Crippen LogP contribution in [0, 0.1) is 6.92 Å². The van der Waals surface area contributed by atoms with E-state index in [9.17, 15) is 0 Å². The molecule has 0 aromatic heterocycles. The number of nitrogens with one attached hydrogen (secondary N) is 1. The summed E-state index contributed by atoms with van der Waals surface area (Å²) < 4.78 is 0. The molecule has 20 heavy (non-hydrogen) atoms. The molecule has 1 heterocycles. The topological polar surface area (TPSA) is 15.3 Å². The minimum absolute atomic E-state index is 0.974. The third kappa shape index (κ3) is 2.51. The summed E-state index contributed by atoms with van der Waals surface area (Å²) in [5.41, 5.74) is 6.58. The van der Waals surface area contributed by atoms with Crippen LogP contribution in [0.3, 0.4) is 0 Å². The third-order valence-electron chi connectivity index (χ3n) is 4.01. The number of anilines is 3. The number of aryl methyl sites for hydroxylation is 2. The Morgan fingerprint density at radius 3 is 2.55 bits per heavy atom. The lowest BCUT2D eigenvalue weighted by Crippen LogP contribution is -2.17.